The molecular formula is C27H22Br2N2O4S. The van der Waals surface area contributed by atoms with Crippen LogP contribution in [-0.4, -0.2) is 46.5 Å². The Balaban J connectivity index is 1.30. The zero-order valence-corrected chi connectivity index (χ0v) is 23.2. The fraction of sp³-hybridized carbons (Fsp3) is 0.222. The van der Waals surface area contributed by atoms with E-state index in [1.165, 1.54) is 0 Å². The molecule has 0 N–H and O–H groups in total. The van der Waals surface area contributed by atoms with Gasteiger partial charge in [0, 0.05) is 13.1 Å². The first-order chi connectivity index (χ1) is 17.4. The average Bonchev–Trinajstić information content (AvgIpc) is 3.49. The lowest BCUT2D eigenvalue weighted by molar-refractivity contribution is -0.135. The smallest absolute Gasteiger partial charge is 0.294 e. The van der Waals surface area contributed by atoms with E-state index in [4.69, 9.17) is 4.74 Å². The largest absolute Gasteiger partial charge is 0.487 e. The number of amides is 3. The number of thioether (sulfide) groups is 1. The molecular weight excluding hydrogens is 608 g/mol. The molecule has 0 spiro atoms. The van der Waals surface area contributed by atoms with Crippen molar-refractivity contribution in [1.29, 1.82) is 0 Å². The molecule has 6 nitrogen and oxygen atoms in total. The fourth-order valence-electron chi connectivity index (χ4n) is 4.36. The first-order valence-corrected chi connectivity index (χ1v) is 13.9. The molecule has 36 heavy (non-hydrogen) atoms. The molecule has 0 unspecified atom stereocenters. The molecule has 2 aliphatic heterocycles. The van der Waals surface area contributed by atoms with Gasteiger partial charge in [-0.25, -0.2) is 0 Å². The van der Waals surface area contributed by atoms with E-state index in [9.17, 15) is 14.4 Å². The molecule has 2 saturated heterocycles. The van der Waals surface area contributed by atoms with E-state index in [1.807, 2.05) is 36.4 Å². The van der Waals surface area contributed by atoms with Crippen molar-refractivity contribution in [2.75, 3.05) is 19.6 Å². The van der Waals surface area contributed by atoms with Crippen LogP contribution in [0.3, 0.4) is 0 Å². The van der Waals surface area contributed by atoms with Crippen LogP contribution in [0.15, 0.2) is 68.4 Å². The van der Waals surface area contributed by atoms with Gasteiger partial charge in [-0.05, 0) is 96.6 Å². The highest BCUT2D eigenvalue weighted by Crippen LogP contribution is 2.38. The zero-order chi connectivity index (χ0) is 25.2. The Kier molecular flexibility index (Phi) is 7.50. The SMILES string of the molecule is O=C(CN1C(=O)S/C(=C/c2cc(Br)c(OCc3cccc4ccccc34)c(Br)c2)C1=O)N1CCCC1. The number of nitrogens with zero attached hydrogens (tertiary/aromatic N) is 2. The van der Waals surface area contributed by atoms with Crippen molar-refractivity contribution in [3.05, 3.63) is 79.6 Å². The van der Waals surface area contributed by atoms with Gasteiger partial charge in [0.15, 0.2) is 0 Å². The number of imide groups is 1. The molecule has 3 aromatic carbocycles. The van der Waals surface area contributed by atoms with Crippen LogP contribution in [0.2, 0.25) is 0 Å². The van der Waals surface area contributed by atoms with E-state index in [0.29, 0.717) is 34.4 Å². The van der Waals surface area contributed by atoms with Crippen molar-refractivity contribution in [1.82, 2.24) is 9.80 Å². The van der Waals surface area contributed by atoms with Crippen LogP contribution in [0.25, 0.3) is 16.8 Å². The zero-order valence-electron chi connectivity index (χ0n) is 19.2. The van der Waals surface area contributed by atoms with E-state index in [-0.39, 0.29) is 17.4 Å². The number of carbonyl (C=O) groups is 3. The van der Waals surface area contributed by atoms with Crippen molar-refractivity contribution in [2.45, 2.75) is 19.4 Å². The van der Waals surface area contributed by atoms with Crippen LogP contribution >= 0.6 is 43.6 Å². The van der Waals surface area contributed by atoms with Gasteiger partial charge in [0.05, 0.1) is 13.9 Å². The maximum absolute atomic E-state index is 12.9. The third-order valence-corrected chi connectivity index (χ3v) is 8.28. The van der Waals surface area contributed by atoms with E-state index in [0.717, 1.165) is 51.4 Å². The molecule has 0 aromatic heterocycles. The maximum Gasteiger partial charge on any atom is 0.294 e. The average molecular weight is 630 g/mol. The minimum Gasteiger partial charge on any atom is -0.487 e. The van der Waals surface area contributed by atoms with E-state index in [1.54, 1.807) is 11.0 Å². The number of benzene rings is 3. The highest BCUT2D eigenvalue weighted by molar-refractivity contribution is 9.11. The maximum atomic E-state index is 12.9. The van der Waals surface area contributed by atoms with Gasteiger partial charge < -0.3 is 9.64 Å². The monoisotopic (exact) mass is 628 g/mol. The van der Waals surface area contributed by atoms with Crippen LogP contribution in [-0.2, 0) is 16.2 Å². The van der Waals surface area contributed by atoms with Crippen LogP contribution in [0.5, 0.6) is 5.75 Å². The first kappa shape index (κ1) is 25.0. The highest BCUT2D eigenvalue weighted by Gasteiger charge is 2.37. The number of rotatable bonds is 6. The van der Waals surface area contributed by atoms with Crippen molar-refractivity contribution >= 4 is 77.5 Å². The number of carbonyl (C=O) groups excluding carboxylic acids is 3. The normalized spacial score (nSPS) is 17.0. The van der Waals surface area contributed by atoms with Crippen molar-refractivity contribution in [3.8, 4) is 5.75 Å². The minimum absolute atomic E-state index is 0.186. The number of fused-ring (bicyclic) bond motifs is 1. The summed E-state index contributed by atoms with van der Waals surface area (Å²) in [6.45, 7) is 1.54. The van der Waals surface area contributed by atoms with Crippen LogP contribution in [0.4, 0.5) is 4.79 Å². The van der Waals surface area contributed by atoms with Gasteiger partial charge >= 0.3 is 0 Å². The summed E-state index contributed by atoms with van der Waals surface area (Å²) < 4.78 is 7.57. The Morgan fingerprint density at radius 2 is 1.69 bits per heavy atom. The molecule has 0 aliphatic carbocycles. The lowest BCUT2D eigenvalue weighted by Gasteiger charge is -2.18. The molecule has 0 saturated carbocycles. The first-order valence-electron chi connectivity index (χ1n) is 11.5. The van der Waals surface area contributed by atoms with Crippen LogP contribution in [0, 0.1) is 0 Å². The molecule has 2 fully saturated rings. The van der Waals surface area contributed by atoms with Gasteiger partial charge in [-0.15, -0.1) is 0 Å². The Hall–Kier alpha value is -2.62. The van der Waals surface area contributed by atoms with E-state index >= 15 is 0 Å². The topological polar surface area (TPSA) is 66.9 Å². The van der Waals surface area contributed by atoms with Crippen molar-refractivity contribution < 1.29 is 19.1 Å². The molecule has 9 heteroatoms. The number of hydrogen-bond acceptors (Lipinski definition) is 5. The number of hydrogen-bond donors (Lipinski definition) is 0. The molecule has 0 atom stereocenters. The third kappa shape index (κ3) is 5.23. The summed E-state index contributed by atoms with van der Waals surface area (Å²) in [5.41, 5.74) is 1.80. The molecule has 2 aliphatic rings. The quantitative estimate of drug-likeness (QED) is 0.287. The number of ether oxygens (including phenoxy) is 1. The summed E-state index contributed by atoms with van der Waals surface area (Å²) in [5.74, 6) is 0.0136. The van der Waals surface area contributed by atoms with Gasteiger partial charge in [-0.3, -0.25) is 19.3 Å². The molecule has 3 amide bonds. The molecule has 0 radical (unpaired) electrons. The predicted molar refractivity (Wildman–Crippen MR) is 149 cm³/mol. The Morgan fingerprint density at radius 3 is 2.44 bits per heavy atom. The van der Waals surface area contributed by atoms with E-state index < -0.39 is 11.1 Å². The number of likely N-dealkylation sites (tertiary alicyclic amines) is 1. The molecule has 184 valence electrons. The van der Waals surface area contributed by atoms with Gasteiger partial charge in [-0.2, -0.15) is 0 Å². The lowest BCUT2D eigenvalue weighted by Crippen LogP contribution is -2.40. The van der Waals surface area contributed by atoms with Crippen LogP contribution in [0.1, 0.15) is 24.0 Å². The number of halogens is 2. The fourth-order valence-corrected chi connectivity index (χ4v) is 6.65. The molecule has 3 aromatic rings. The van der Waals surface area contributed by atoms with Crippen LogP contribution < -0.4 is 4.74 Å². The lowest BCUT2D eigenvalue weighted by atomic mass is 10.1. The van der Waals surface area contributed by atoms with Gasteiger partial charge in [0.25, 0.3) is 11.1 Å². The van der Waals surface area contributed by atoms with Crippen molar-refractivity contribution in [2.24, 2.45) is 0 Å². The second kappa shape index (κ2) is 10.8. The summed E-state index contributed by atoms with van der Waals surface area (Å²) in [4.78, 5) is 40.8. The minimum atomic E-state index is -0.443. The Morgan fingerprint density at radius 1 is 1.00 bits per heavy atom. The van der Waals surface area contributed by atoms with Gasteiger partial charge in [0.2, 0.25) is 5.91 Å². The predicted octanol–water partition coefficient (Wildman–Crippen LogP) is 6.60. The summed E-state index contributed by atoms with van der Waals surface area (Å²) >= 11 is 8.00. The van der Waals surface area contributed by atoms with Gasteiger partial charge in [-0.1, -0.05) is 42.5 Å². The third-order valence-electron chi connectivity index (χ3n) is 6.20. The summed E-state index contributed by atoms with van der Waals surface area (Å²) in [6.07, 6.45) is 3.58. The molecule has 5 rings (SSSR count). The summed E-state index contributed by atoms with van der Waals surface area (Å²) in [6, 6.07) is 18.0. The standard InChI is InChI=1S/C27H22Br2N2O4S/c28-21-12-17(14-23-26(33)31(27(34)36-23)15-24(32)30-10-3-4-11-30)13-22(29)25(21)35-16-19-8-5-7-18-6-1-2-9-20(18)19/h1-2,5-9,12-14H,3-4,10-11,15-16H2/b23-14+. The van der Waals surface area contributed by atoms with Crippen molar-refractivity contribution in [3.63, 3.8) is 0 Å². The highest BCUT2D eigenvalue weighted by atomic mass is 79.9. The summed E-state index contributed by atoms with van der Waals surface area (Å²) in [7, 11) is 0. The second-order valence-electron chi connectivity index (χ2n) is 8.60. The Labute approximate surface area is 229 Å². The van der Waals surface area contributed by atoms with Gasteiger partial charge in [0.1, 0.15) is 18.9 Å². The summed E-state index contributed by atoms with van der Waals surface area (Å²) in [5, 5.41) is 1.87. The molecule has 2 heterocycles. The molecule has 0 bridgehead atoms. The van der Waals surface area contributed by atoms with E-state index in [2.05, 4.69) is 50.1 Å². The second-order valence-corrected chi connectivity index (χ2v) is 11.3. The Bertz CT molecular complexity index is 1370.